The van der Waals surface area contributed by atoms with Gasteiger partial charge in [-0.25, -0.2) is 13.8 Å². The molecule has 0 aliphatic carbocycles. The monoisotopic (exact) mass is 274 g/mol. The van der Waals surface area contributed by atoms with E-state index in [0.29, 0.717) is 0 Å². The number of ether oxygens (including phenoxy) is 1. The average molecular weight is 275 g/mol. The number of carbonyl (C=O) groups is 1. The minimum atomic E-state index is -2.93. The summed E-state index contributed by atoms with van der Waals surface area (Å²) in [5.74, 6) is -0.592. The lowest BCUT2D eigenvalue weighted by atomic mass is 10.1. The molecule has 7 heteroatoms. The SMILES string of the molecule is CCOC(=O)Cc1cnc(C#N)c(C(F)F)c1Cl. The van der Waals surface area contributed by atoms with E-state index in [1.165, 1.54) is 6.07 Å². The van der Waals surface area contributed by atoms with Gasteiger partial charge in [-0.2, -0.15) is 5.26 Å². The van der Waals surface area contributed by atoms with Crippen LogP contribution < -0.4 is 0 Å². The van der Waals surface area contributed by atoms with Gasteiger partial charge in [0.05, 0.1) is 23.6 Å². The van der Waals surface area contributed by atoms with E-state index in [9.17, 15) is 13.6 Å². The molecule has 0 unspecified atom stereocenters. The Morgan fingerprint density at radius 3 is 2.83 bits per heavy atom. The van der Waals surface area contributed by atoms with Crippen molar-refractivity contribution in [2.45, 2.75) is 19.8 Å². The molecule has 0 amide bonds. The van der Waals surface area contributed by atoms with Crippen LogP contribution in [0.4, 0.5) is 8.78 Å². The standard InChI is InChI=1S/C11H9ClF2N2O2/c1-2-18-8(17)3-6-5-16-7(4-15)9(10(6)12)11(13)14/h5,11H,2-3H2,1H3. The van der Waals surface area contributed by atoms with Crippen molar-refractivity contribution in [3.63, 3.8) is 0 Å². The quantitative estimate of drug-likeness (QED) is 0.792. The summed E-state index contributed by atoms with van der Waals surface area (Å²) in [5, 5.41) is 8.34. The van der Waals surface area contributed by atoms with Crippen molar-refractivity contribution in [1.82, 2.24) is 4.98 Å². The van der Waals surface area contributed by atoms with Gasteiger partial charge < -0.3 is 4.74 Å². The molecule has 0 saturated carbocycles. The van der Waals surface area contributed by atoms with Crippen molar-refractivity contribution >= 4 is 17.6 Å². The Labute approximate surface area is 107 Å². The van der Waals surface area contributed by atoms with E-state index in [1.54, 1.807) is 6.92 Å². The Morgan fingerprint density at radius 2 is 2.33 bits per heavy atom. The summed E-state index contributed by atoms with van der Waals surface area (Å²) in [6.45, 7) is 1.81. The molecule has 0 atom stereocenters. The largest absolute Gasteiger partial charge is 0.466 e. The summed E-state index contributed by atoms with van der Waals surface area (Å²) in [5.41, 5.74) is -0.979. The van der Waals surface area contributed by atoms with Crippen molar-refractivity contribution in [3.05, 3.63) is 28.0 Å². The first-order valence-electron chi connectivity index (χ1n) is 5.02. The van der Waals surface area contributed by atoms with Crippen LogP contribution in [0.15, 0.2) is 6.20 Å². The third-order valence-electron chi connectivity index (χ3n) is 2.09. The predicted molar refractivity (Wildman–Crippen MR) is 59.3 cm³/mol. The lowest BCUT2D eigenvalue weighted by Crippen LogP contribution is -2.10. The molecular formula is C11H9ClF2N2O2. The lowest BCUT2D eigenvalue weighted by molar-refractivity contribution is -0.142. The molecular weight excluding hydrogens is 266 g/mol. The average Bonchev–Trinajstić information content (AvgIpc) is 2.31. The van der Waals surface area contributed by atoms with Crippen molar-refractivity contribution in [3.8, 4) is 6.07 Å². The number of carbonyl (C=O) groups excluding carboxylic acids is 1. The second-order valence-corrected chi connectivity index (χ2v) is 3.63. The number of hydrogen-bond acceptors (Lipinski definition) is 4. The summed E-state index contributed by atoms with van der Waals surface area (Å²) in [6.07, 6.45) is -2.06. The van der Waals surface area contributed by atoms with Crippen LogP contribution in [-0.2, 0) is 16.0 Å². The van der Waals surface area contributed by atoms with Crippen LogP contribution in [0, 0.1) is 11.3 Å². The first-order chi connectivity index (χ1) is 8.51. The second kappa shape index (κ2) is 6.26. The van der Waals surface area contributed by atoms with Gasteiger partial charge in [0.1, 0.15) is 6.07 Å². The van der Waals surface area contributed by atoms with Crippen molar-refractivity contribution < 1.29 is 18.3 Å². The molecule has 0 aromatic carbocycles. The minimum Gasteiger partial charge on any atom is -0.466 e. The summed E-state index contributed by atoms with van der Waals surface area (Å²) in [7, 11) is 0. The Kier molecular flexibility index (Phi) is 4.98. The second-order valence-electron chi connectivity index (χ2n) is 3.25. The summed E-state index contributed by atoms with van der Waals surface area (Å²) in [6, 6.07) is 1.53. The molecule has 1 heterocycles. The number of aromatic nitrogens is 1. The third kappa shape index (κ3) is 3.14. The smallest absolute Gasteiger partial charge is 0.310 e. The number of nitrogens with zero attached hydrogens (tertiary/aromatic N) is 2. The first-order valence-corrected chi connectivity index (χ1v) is 5.40. The minimum absolute atomic E-state index is 0.115. The summed E-state index contributed by atoms with van der Waals surface area (Å²) < 4.78 is 30.2. The molecule has 0 saturated heterocycles. The lowest BCUT2D eigenvalue weighted by Gasteiger charge is -2.09. The Morgan fingerprint density at radius 1 is 1.67 bits per heavy atom. The zero-order chi connectivity index (χ0) is 13.7. The fourth-order valence-corrected chi connectivity index (χ4v) is 1.61. The van der Waals surface area contributed by atoms with Crippen LogP contribution in [0.5, 0.6) is 0 Å². The maximum Gasteiger partial charge on any atom is 0.310 e. The van der Waals surface area contributed by atoms with Gasteiger partial charge in [0.15, 0.2) is 5.69 Å². The van der Waals surface area contributed by atoms with Gasteiger partial charge in [-0.05, 0) is 6.92 Å². The summed E-state index contributed by atoms with van der Waals surface area (Å²) in [4.78, 5) is 14.8. The van der Waals surface area contributed by atoms with E-state index in [1.807, 2.05) is 0 Å². The van der Waals surface area contributed by atoms with Crippen LogP contribution in [0.1, 0.15) is 30.2 Å². The van der Waals surface area contributed by atoms with Gasteiger partial charge in [-0.15, -0.1) is 0 Å². The van der Waals surface area contributed by atoms with Gasteiger partial charge in [0, 0.05) is 11.8 Å². The predicted octanol–water partition coefficient (Wildman–Crippen LogP) is 2.65. The Balaban J connectivity index is 3.13. The van der Waals surface area contributed by atoms with Crippen molar-refractivity contribution in [2.24, 2.45) is 0 Å². The maximum atomic E-state index is 12.7. The van der Waals surface area contributed by atoms with E-state index in [4.69, 9.17) is 16.9 Å². The molecule has 4 nitrogen and oxygen atoms in total. The molecule has 1 rings (SSSR count). The number of rotatable bonds is 4. The highest BCUT2D eigenvalue weighted by Crippen LogP contribution is 2.31. The molecule has 0 radical (unpaired) electrons. The fraction of sp³-hybridized carbons (Fsp3) is 0.364. The van der Waals surface area contributed by atoms with Gasteiger partial charge in [0.2, 0.25) is 0 Å². The van der Waals surface area contributed by atoms with Crippen LogP contribution >= 0.6 is 11.6 Å². The number of hydrogen-bond donors (Lipinski definition) is 0. The molecule has 18 heavy (non-hydrogen) atoms. The molecule has 0 spiro atoms. The molecule has 0 aliphatic heterocycles. The Bertz CT molecular complexity index is 501. The van der Waals surface area contributed by atoms with Crippen LogP contribution in [0.25, 0.3) is 0 Å². The fourth-order valence-electron chi connectivity index (χ4n) is 1.32. The van der Waals surface area contributed by atoms with E-state index >= 15 is 0 Å². The zero-order valence-electron chi connectivity index (χ0n) is 9.41. The van der Waals surface area contributed by atoms with Crippen molar-refractivity contribution in [1.29, 1.82) is 5.26 Å². The molecule has 1 aromatic heterocycles. The van der Waals surface area contributed by atoms with Crippen molar-refractivity contribution in [2.75, 3.05) is 6.61 Å². The topological polar surface area (TPSA) is 63.0 Å². The molecule has 0 aliphatic rings. The highest BCUT2D eigenvalue weighted by Gasteiger charge is 2.22. The highest BCUT2D eigenvalue weighted by atomic mass is 35.5. The molecule has 0 fully saturated rings. The van der Waals surface area contributed by atoms with E-state index in [-0.39, 0.29) is 23.6 Å². The van der Waals surface area contributed by atoms with Crippen LogP contribution in [-0.4, -0.2) is 17.6 Å². The first kappa shape index (κ1) is 14.3. The van der Waals surface area contributed by atoms with Crippen LogP contribution in [0.2, 0.25) is 5.02 Å². The number of esters is 1. The van der Waals surface area contributed by atoms with Gasteiger partial charge in [-0.3, -0.25) is 4.79 Å². The zero-order valence-corrected chi connectivity index (χ0v) is 10.2. The Hall–Kier alpha value is -1.74. The molecule has 0 bridgehead atoms. The summed E-state index contributed by atoms with van der Waals surface area (Å²) >= 11 is 5.75. The molecule has 0 N–H and O–H groups in total. The third-order valence-corrected chi connectivity index (χ3v) is 2.53. The number of nitriles is 1. The molecule has 96 valence electrons. The normalized spacial score (nSPS) is 10.2. The number of halogens is 3. The van der Waals surface area contributed by atoms with Gasteiger partial charge in [0.25, 0.3) is 6.43 Å². The van der Waals surface area contributed by atoms with Gasteiger partial charge >= 0.3 is 5.97 Å². The van der Waals surface area contributed by atoms with Gasteiger partial charge in [-0.1, -0.05) is 11.6 Å². The van der Waals surface area contributed by atoms with E-state index in [2.05, 4.69) is 9.72 Å². The van der Waals surface area contributed by atoms with E-state index in [0.717, 1.165) is 6.20 Å². The van der Waals surface area contributed by atoms with E-state index < -0.39 is 23.7 Å². The molecule has 1 aromatic rings. The number of pyridine rings is 1. The maximum absolute atomic E-state index is 12.7. The highest BCUT2D eigenvalue weighted by molar-refractivity contribution is 6.32. The van der Waals surface area contributed by atoms with Crippen LogP contribution in [0.3, 0.4) is 0 Å². The number of alkyl halides is 2.